The number of aliphatic carboxylic acids is 1. The predicted molar refractivity (Wildman–Crippen MR) is 70.6 cm³/mol. The molecule has 0 saturated carbocycles. The van der Waals surface area contributed by atoms with Crippen LogP contribution in [-0.4, -0.2) is 20.6 Å². The summed E-state index contributed by atoms with van der Waals surface area (Å²) in [7, 11) is 2.00. The van der Waals surface area contributed by atoms with E-state index in [2.05, 4.69) is 16.5 Å². The maximum atomic E-state index is 10.9. The summed E-state index contributed by atoms with van der Waals surface area (Å²) in [5, 5.41) is 8.94. The van der Waals surface area contributed by atoms with Gasteiger partial charge in [-0.15, -0.1) is 0 Å². The van der Waals surface area contributed by atoms with Gasteiger partial charge in [-0.3, -0.25) is 4.79 Å². The number of benzene rings is 1. The molecule has 4 heteroatoms. The number of fused-ring (bicyclic) bond motifs is 1. The molecule has 0 fully saturated rings. The second kappa shape index (κ2) is 4.80. The summed E-state index contributed by atoms with van der Waals surface area (Å²) in [5.74, 6) is -0.0656. The molecule has 1 aromatic carbocycles. The fraction of sp³-hybridized carbons (Fsp3) is 0.429. The third-order valence-electron chi connectivity index (χ3n) is 3.32. The quantitative estimate of drug-likeness (QED) is 0.901. The summed E-state index contributed by atoms with van der Waals surface area (Å²) in [5.41, 5.74) is 3.09. The fourth-order valence-corrected chi connectivity index (χ4v) is 2.17. The highest BCUT2D eigenvalue weighted by molar-refractivity contribution is 5.77. The second-order valence-corrected chi connectivity index (χ2v) is 4.71. The Labute approximate surface area is 106 Å². The van der Waals surface area contributed by atoms with Crippen molar-refractivity contribution in [3.63, 3.8) is 0 Å². The van der Waals surface area contributed by atoms with Gasteiger partial charge in [0.15, 0.2) is 0 Å². The van der Waals surface area contributed by atoms with Crippen molar-refractivity contribution in [2.75, 3.05) is 0 Å². The largest absolute Gasteiger partial charge is 0.481 e. The SMILES string of the molecule is CCc1nc2ccc(CC(C)C(=O)O)cc2n1C. The van der Waals surface area contributed by atoms with Crippen LogP contribution in [0.4, 0.5) is 0 Å². The Hall–Kier alpha value is -1.84. The molecule has 0 bridgehead atoms. The van der Waals surface area contributed by atoms with Gasteiger partial charge in [0.2, 0.25) is 0 Å². The molecule has 96 valence electrons. The Morgan fingerprint density at radius 3 is 2.83 bits per heavy atom. The van der Waals surface area contributed by atoms with Gasteiger partial charge in [0.1, 0.15) is 5.82 Å². The van der Waals surface area contributed by atoms with Gasteiger partial charge in [-0.25, -0.2) is 4.98 Å². The first-order valence-corrected chi connectivity index (χ1v) is 6.20. The van der Waals surface area contributed by atoms with Crippen LogP contribution in [0.3, 0.4) is 0 Å². The summed E-state index contributed by atoms with van der Waals surface area (Å²) in [6.45, 7) is 3.81. The lowest BCUT2D eigenvalue weighted by atomic mass is 10.0. The lowest BCUT2D eigenvalue weighted by Gasteiger charge is -2.06. The smallest absolute Gasteiger partial charge is 0.306 e. The molecule has 0 spiro atoms. The van der Waals surface area contributed by atoms with E-state index in [9.17, 15) is 4.79 Å². The third-order valence-corrected chi connectivity index (χ3v) is 3.32. The standard InChI is InChI=1S/C14H18N2O2/c1-4-13-15-11-6-5-10(7-9(2)14(17)18)8-12(11)16(13)3/h5-6,8-9H,4,7H2,1-3H3,(H,17,18). The van der Waals surface area contributed by atoms with E-state index in [0.29, 0.717) is 6.42 Å². The van der Waals surface area contributed by atoms with Crippen LogP contribution in [0.2, 0.25) is 0 Å². The first-order valence-electron chi connectivity index (χ1n) is 6.20. The van der Waals surface area contributed by atoms with Crippen LogP contribution in [0.5, 0.6) is 0 Å². The van der Waals surface area contributed by atoms with Crippen LogP contribution in [0.15, 0.2) is 18.2 Å². The van der Waals surface area contributed by atoms with Crippen molar-refractivity contribution in [1.82, 2.24) is 9.55 Å². The van der Waals surface area contributed by atoms with E-state index in [1.54, 1.807) is 6.92 Å². The number of nitrogens with zero attached hydrogens (tertiary/aromatic N) is 2. The Bertz CT molecular complexity index is 587. The molecule has 0 saturated heterocycles. The average Bonchev–Trinajstić information content (AvgIpc) is 2.66. The normalized spacial score (nSPS) is 12.8. The van der Waals surface area contributed by atoms with Gasteiger partial charge in [-0.1, -0.05) is 19.9 Å². The second-order valence-electron chi connectivity index (χ2n) is 4.71. The van der Waals surface area contributed by atoms with Crippen LogP contribution < -0.4 is 0 Å². The minimum Gasteiger partial charge on any atom is -0.481 e. The number of carboxylic acids is 1. The Morgan fingerprint density at radius 1 is 1.50 bits per heavy atom. The number of aromatic nitrogens is 2. The third kappa shape index (κ3) is 2.23. The highest BCUT2D eigenvalue weighted by atomic mass is 16.4. The van der Waals surface area contributed by atoms with Crippen LogP contribution in [-0.2, 0) is 24.7 Å². The maximum absolute atomic E-state index is 10.9. The molecule has 1 N–H and O–H groups in total. The van der Waals surface area contributed by atoms with Gasteiger partial charge in [0.25, 0.3) is 0 Å². The molecule has 18 heavy (non-hydrogen) atoms. The fourth-order valence-electron chi connectivity index (χ4n) is 2.17. The first kappa shape index (κ1) is 12.6. The van der Waals surface area contributed by atoms with E-state index in [1.807, 2.05) is 25.2 Å². The van der Waals surface area contributed by atoms with Crippen molar-refractivity contribution in [3.8, 4) is 0 Å². The molecule has 0 aliphatic carbocycles. The number of hydrogen-bond acceptors (Lipinski definition) is 2. The van der Waals surface area contributed by atoms with Gasteiger partial charge in [-0.2, -0.15) is 0 Å². The zero-order valence-corrected chi connectivity index (χ0v) is 11.0. The minimum atomic E-state index is -0.755. The molecule has 1 aromatic heterocycles. The number of carboxylic acid groups (broad SMARTS) is 1. The molecule has 1 unspecified atom stereocenters. The molecule has 0 aliphatic heterocycles. The van der Waals surface area contributed by atoms with Crippen molar-refractivity contribution in [2.24, 2.45) is 13.0 Å². The summed E-state index contributed by atoms with van der Waals surface area (Å²) in [6, 6.07) is 5.98. The van der Waals surface area contributed by atoms with Gasteiger partial charge in [0.05, 0.1) is 17.0 Å². The number of carbonyl (C=O) groups is 1. The van der Waals surface area contributed by atoms with Crippen molar-refractivity contribution in [3.05, 3.63) is 29.6 Å². The molecule has 4 nitrogen and oxygen atoms in total. The van der Waals surface area contributed by atoms with Gasteiger partial charge in [-0.05, 0) is 24.1 Å². The van der Waals surface area contributed by atoms with Gasteiger partial charge in [0, 0.05) is 13.5 Å². The number of rotatable bonds is 4. The number of aryl methyl sites for hydroxylation is 2. The van der Waals surface area contributed by atoms with E-state index >= 15 is 0 Å². The van der Waals surface area contributed by atoms with Crippen LogP contribution in [0.25, 0.3) is 11.0 Å². The number of imidazole rings is 1. The van der Waals surface area contributed by atoms with E-state index in [4.69, 9.17) is 5.11 Å². The van der Waals surface area contributed by atoms with E-state index in [-0.39, 0.29) is 5.92 Å². The van der Waals surface area contributed by atoms with E-state index in [0.717, 1.165) is 28.8 Å². The minimum absolute atomic E-state index is 0.360. The molecule has 2 aromatic rings. The molecule has 0 radical (unpaired) electrons. The predicted octanol–water partition coefficient (Wildman–Crippen LogP) is 2.40. The molecule has 1 heterocycles. The molecule has 1 atom stereocenters. The van der Waals surface area contributed by atoms with Crippen LogP contribution in [0, 0.1) is 5.92 Å². The average molecular weight is 246 g/mol. The van der Waals surface area contributed by atoms with Crippen molar-refractivity contribution >= 4 is 17.0 Å². The van der Waals surface area contributed by atoms with Crippen LogP contribution in [0.1, 0.15) is 25.2 Å². The summed E-state index contributed by atoms with van der Waals surface area (Å²) < 4.78 is 2.07. The van der Waals surface area contributed by atoms with Crippen molar-refractivity contribution < 1.29 is 9.90 Å². The zero-order chi connectivity index (χ0) is 13.3. The van der Waals surface area contributed by atoms with Crippen LogP contribution >= 0.6 is 0 Å². The van der Waals surface area contributed by atoms with E-state index < -0.39 is 5.97 Å². The Balaban J connectivity index is 2.37. The maximum Gasteiger partial charge on any atom is 0.306 e. The lowest BCUT2D eigenvalue weighted by Crippen LogP contribution is -2.12. The summed E-state index contributed by atoms with van der Waals surface area (Å²) in [4.78, 5) is 15.4. The summed E-state index contributed by atoms with van der Waals surface area (Å²) >= 11 is 0. The molecule has 2 rings (SSSR count). The van der Waals surface area contributed by atoms with Gasteiger partial charge >= 0.3 is 5.97 Å². The highest BCUT2D eigenvalue weighted by Gasteiger charge is 2.13. The molecular formula is C14H18N2O2. The first-order chi connectivity index (χ1) is 8.52. The molecule has 0 aliphatic rings. The van der Waals surface area contributed by atoms with Crippen molar-refractivity contribution in [1.29, 1.82) is 0 Å². The van der Waals surface area contributed by atoms with E-state index in [1.165, 1.54) is 0 Å². The lowest BCUT2D eigenvalue weighted by molar-refractivity contribution is -0.141. The highest BCUT2D eigenvalue weighted by Crippen LogP contribution is 2.19. The van der Waals surface area contributed by atoms with Crippen molar-refractivity contribution in [2.45, 2.75) is 26.7 Å². The Kier molecular flexibility index (Phi) is 3.36. The zero-order valence-electron chi connectivity index (χ0n) is 11.0. The van der Waals surface area contributed by atoms with Gasteiger partial charge < -0.3 is 9.67 Å². The monoisotopic (exact) mass is 246 g/mol. The number of hydrogen-bond donors (Lipinski definition) is 1. The topological polar surface area (TPSA) is 55.1 Å². The Morgan fingerprint density at radius 2 is 2.22 bits per heavy atom. The molecular weight excluding hydrogens is 228 g/mol. The summed E-state index contributed by atoms with van der Waals surface area (Å²) in [6.07, 6.45) is 1.45. The molecule has 0 amide bonds.